The Hall–Kier alpha value is 0.149. The first-order valence-corrected chi connectivity index (χ1v) is 2.91. The van der Waals surface area contributed by atoms with Crippen LogP contribution in [0.5, 0.6) is 0 Å². The number of rotatable bonds is 0. The molecule has 0 fully saturated rings. The van der Waals surface area contributed by atoms with Gasteiger partial charge in [-0.15, -0.1) is 0 Å². The first-order chi connectivity index (χ1) is 2.89. The van der Waals surface area contributed by atoms with Crippen molar-refractivity contribution in [3.63, 3.8) is 0 Å². The SMILES string of the molecule is O=S1C=CC=C1.[Fe]. The van der Waals surface area contributed by atoms with Crippen LogP contribution in [-0.2, 0) is 27.9 Å². The second kappa shape index (κ2) is 3.19. The summed E-state index contributed by atoms with van der Waals surface area (Å²) < 4.78 is 10.2. The molecule has 0 aliphatic carbocycles. The van der Waals surface area contributed by atoms with Crippen LogP contribution in [0.1, 0.15) is 0 Å². The molecule has 0 aromatic rings. The molecule has 0 unspecified atom stereocenters. The molecule has 40 valence electrons. The zero-order valence-corrected chi connectivity index (χ0v) is 5.40. The van der Waals surface area contributed by atoms with Gasteiger partial charge in [-0.05, 0) is 0 Å². The Labute approximate surface area is 55.4 Å². The molecular weight excluding hydrogens is 152 g/mol. The number of hydrogen-bond donors (Lipinski definition) is 0. The predicted octanol–water partition coefficient (Wildman–Crippen LogP) is 0.774. The average molecular weight is 156 g/mol. The van der Waals surface area contributed by atoms with Crippen molar-refractivity contribution < 1.29 is 21.3 Å². The minimum Gasteiger partial charge on any atom is -0.250 e. The third kappa shape index (κ3) is 2.07. The number of allylic oxidation sites excluding steroid dienone is 2. The molecule has 1 rings (SSSR count). The second-order valence-corrected chi connectivity index (χ2v) is 2.19. The molecule has 0 aromatic carbocycles. The summed E-state index contributed by atoms with van der Waals surface area (Å²) >= 11 is 0. The molecule has 0 atom stereocenters. The van der Waals surface area contributed by atoms with Gasteiger partial charge in [0.25, 0.3) is 0 Å². The molecular formula is C4H4FeOS. The van der Waals surface area contributed by atoms with Gasteiger partial charge >= 0.3 is 0 Å². The van der Waals surface area contributed by atoms with Gasteiger partial charge in [0.05, 0.1) is 10.8 Å². The monoisotopic (exact) mass is 156 g/mol. The summed E-state index contributed by atoms with van der Waals surface area (Å²) in [7, 11) is -0.784. The molecule has 1 nitrogen and oxygen atoms in total. The normalized spacial score (nSPS) is 17.1. The zero-order valence-electron chi connectivity index (χ0n) is 3.48. The first-order valence-electron chi connectivity index (χ1n) is 1.64. The van der Waals surface area contributed by atoms with Crippen LogP contribution in [0.2, 0.25) is 0 Å². The van der Waals surface area contributed by atoms with Crippen LogP contribution in [0, 0.1) is 0 Å². The first kappa shape index (κ1) is 7.15. The Bertz CT molecular complexity index is 114. The molecule has 0 saturated carbocycles. The van der Waals surface area contributed by atoms with E-state index in [0.29, 0.717) is 0 Å². The summed E-state index contributed by atoms with van der Waals surface area (Å²) in [6, 6.07) is 0. The van der Waals surface area contributed by atoms with Crippen LogP contribution in [0.4, 0.5) is 0 Å². The van der Waals surface area contributed by atoms with E-state index in [9.17, 15) is 4.21 Å². The van der Waals surface area contributed by atoms with E-state index >= 15 is 0 Å². The molecule has 0 spiro atoms. The van der Waals surface area contributed by atoms with E-state index in [0.717, 1.165) is 0 Å². The summed E-state index contributed by atoms with van der Waals surface area (Å²) in [4.78, 5) is 0. The minimum atomic E-state index is -0.784. The molecule has 0 radical (unpaired) electrons. The van der Waals surface area contributed by atoms with Crippen LogP contribution in [0.25, 0.3) is 0 Å². The molecule has 1 aliphatic heterocycles. The van der Waals surface area contributed by atoms with Crippen molar-refractivity contribution in [3.05, 3.63) is 23.0 Å². The molecule has 0 aromatic heterocycles. The standard InChI is InChI=1S/C4H4OS.Fe/c5-6-3-1-2-4-6;/h1-4H;. The Balaban J connectivity index is 0.000000360. The molecule has 0 bridgehead atoms. The Morgan fingerprint density at radius 3 is 1.71 bits per heavy atom. The van der Waals surface area contributed by atoms with Crippen molar-refractivity contribution >= 4 is 10.8 Å². The minimum absolute atomic E-state index is 0. The van der Waals surface area contributed by atoms with Gasteiger partial charge in [-0.2, -0.15) is 0 Å². The van der Waals surface area contributed by atoms with Gasteiger partial charge in [0.15, 0.2) is 0 Å². The van der Waals surface area contributed by atoms with Crippen molar-refractivity contribution in [2.45, 2.75) is 0 Å². The van der Waals surface area contributed by atoms with Crippen molar-refractivity contribution in [2.24, 2.45) is 0 Å². The summed E-state index contributed by atoms with van der Waals surface area (Å²) in [5.74, 6) is 0. The fourth-order valence-corrected chi connectivity index (χ4v) is 0.873. The third-order valence-electron chi connectivity index (χ3n) is 0.536. The van der Waals surface area contributed by atoms with Crippen molar-refractivity contribution in [2.75, 3.05) is 0 Å². The van der Waals surface area contributed by atoms with Gasteiger partial charge in [0, 0.05) is 27.9 Å². The average Bonchev–Trinajstić information content (AvgIpc) is 1.86. The molecule has 0 amide bonds. The van der Waals surface area contributed by atoms with E-state index in [1.165, 1.54) is 0 Å². The van der Waals surface area contributed by atoms with Crippen molar-refractivity contribution in [3.8, 4) is 0 Å². The number of hydrogen-bond acceptors (Lipinski definition) is 1. The Morgan fingerprint density at radius 1 is 1.14 bits per heavy atom. The van der Waals surface area contributed by atoms with Crippen LogP contribution < -0.4 is 0 Å². The summed E-state index contributed by atoms with van der Waals surface area (Å²) in [5, 5.41) is 3.28. The molecule has 1 heterocycles. The topological polar surface area (TPSA) is 17.1 Å². The van der Waals surface area contributed by atoms with E-state index in [4.69, 9.17) is 0 Å². The second-order valence-electron chi connectivity index (χ2n) is 0.986. The van der Waals surface area contributed by atoms with Gasteiger partial charge in [-0.1, -0.05) is 12.2 Å². The van der Waals surface area contributed by atoms with E-state index in [1.807, 2.05) is 0 Å². The fourth-order valence-electron chi connectivity index (χ4n) is 0.291. The van der Waals surface area contributed by atoms with Gasteiger partial charge in [0.1, 0.15) is 0 Å². The maximum Gasteiger partial charge on any atom is 0.0702 e. The van der Waals surface area contributed by atoms with E-state index in [1.54, 1.807) is 23.0 Å². The molecule has 1 aliphatic rings. The predicted molar refractivity (Wildman–Crippen MR) is 26.4 cm³/mol. The van der Waals surface area contributed by atoms with Crippen molar-refractivity contribution in [1.82, 2.24) is 0 Å². The van der Waals surface area contributed by atoms with Gasteiger partial charge in [0.2, 0.25) is 0 Å². The summed E-state index contributed by atoms with van der Waals surface area (Å²) in [6.45, 7) is 0. The third-order valence-corrected chi connectivity index (χ3v) is 1.39. The maximum absolute atomic E-state index is 10.2. The van der Waals surface area contributed by atoms with Crippen LogP contribution in [0.3, 0.4) is 0 Å². The van der Waals surface area contributed by atoms with E-state index in [-0.39, 0.29) is 17.1 Å². The van der Waals surface area contributed by atoms with Crippen LogP contribution in [-0.4, -0.2) is 4.21 Å². The van der Waals surface area contributed by atoms with E-state index in [2.05, 4.69) is 0 Å². The Morgan fingerprint density at radius 2 is 1.57 bits per heavy atom. The smallest absolute Gasteiger partial charge is 0.0702 e. The molecule has 0 N–H and O–H groups in total. The quantitative estimate of drug-likeness (QED) is 0.473. The summed E-state index contributed by atoms with van der Waals surface area (Å²) in [6.07, 6.45) is 3.55. The zero-order chi connectivity index (χ0) is 4.41. The van der Waals surface area contributed by atoms with Crippen molar-refractivity contribution in [1.29, 1.82) is 0 Å². The van der Waals surface area contributed by atoms with Gasteiger partial charge < -0.3 is 0 Å². The maximum atomic E-state index is 10.2. The Kier molecular flexibility index (Phi) is 3.26. The molecule has 0 saturated heterocycles. The van der Waals surface area contributed by atoms with E-state index < -0.39 is 10.8 Å². The largest absolute Gasteiger partial charge is 0.250 e. The van der Waals surface area contributed by atoms with Gasteiger partial charge in [-0.25, -0.2) is 0 Å². The van der Waals surface area contributed by atoms with Crippen LogP contribution >= 0.6 is 0 Å². The van der Waals surface area contributed by atoms with Crippen LogP contribution in [0.15, 0.2) is 23.0 Å². The molecule has 3 heteroatoms. The fraction of sp³-hybridized carbons (Fsp3) is 0. The molecule has 7 heavy (non-hydrogen) atoms. The summed E-state index contributed by atoms with van der Waals surface area (Å²) in [5.41, 5.74) is 0. The van der Waals surface area contributed by atoms with Gasteiger partial charge in [-0.3, -0.25) is 4.21 Å².